The van der Waals surface area contributed by atoms with Gasteiger partial charge in [0.25, 0.3) is 0 Å². The molecule has 9 rings (SSSR count). The van der Waals surface area contributed by atoms with Crippen LogP contribution >= 0.6 is 127 Å². The first-order valence-electron chi connectivity index (χ1n) is 17.0. The Kier molecular flexibility index (Phi) is 12.4. The number of fused-ring (bicyclic) bond motifs is 8. The second-order valence-corrected chi connectivity index (χ2v) is 19.2. The van der Waals surface area contributed by atoms with Crippen LogP contribution in [0.15, 0.2) is 139 Å². The number of nitrogens with zero attached hydrogens (tertiary/aromatic N) is 2. The molecule has 0 amide bonds. The number of hydrogen-bond acceptors (Lipinski definition) is 2. The van der Waals surface area contributed by atoms with Crippen molar-refractivity contribution in [3.8, 4) is 44.5 Å². The molecule has 281 valence electrons. The minimum Gasteiger partial charge on any atom is -0.352 e. The predicted octanol–water partition coefficient (Wildman–Crippen LogP) is 17.3. The molecule has 8 bridgehead atoms. The van der Waals surface area contributed by atoms with Gasteiger partial charge in [-0.05, 0) is 150 Å². The van der Waals surface area contributed by atoms with E-state index in [9.17, 15) is 0 Å². The second kappa shape index (κ2) is 17.1. The van der Waals surface area contributed by atoms with E-state index in [1.54, 1.807) is 0 Å². The Bertz CT molecular complexity index is 2580. The first-order valence-corrected chi connectivity index (χ1v) is 23.4. The van der Waals surface area contributed by atoms with E-state index in [-0.39, 0.29) is 17.1 Å². The zero-order chi connectivity index (χ0) is 38.8. The quantitative estimate of drug-likeness (QED) is 0.173. The summed E-state index contributed by atoms with van der Waals surface area (Å²) in [6.45, 7) is 0. The number of rotatable bonds is 4. The fraction of sp³-hybridized carbons (Fsp3) is 0. The molecule has 7 aromatic rings. The van der Waals surface area contributed by atoms with Gasteiger partial charge in [-0.1, -0.05) is 121 Å². The smallest absolute Gasteiger partial charge is 0.0891 e. The van der Waals surface area contributed by atoms with Crippen molar-refractivity contribution in [1.82, 2.24) is 19.9 Å². The molecule has 3 aromatic heterocycles. The summed E-state index contributed by atoms with van der Waals surface area (Å²) in [4.78, 5) is 18.8. The van der Waals surface area contributed by atoms with Crippen molar-refractivity contribution in [3.63, 3.8) is 0 Å². The molecule has 0 saturated carbocycles. The molecule has 0 aliphatic carbocycles. The Balaban J connectivity index is 0.00000455. The number of aromatic amines is 2. The summed E-state index contributed by atoms with van der Waals surface area (Å²) in [6, 6.07) is 41.3. The summed E-state index contributed by atoms with van der Waals surface area (Å²) in [5, 5.41) is 0. The summed E-state index contributed by atoms with van der Waals surface area (Å²) in [6.07, 6.45) is 0. The summed E-state index contributed by atoms with van der Waals surface area (Å²) in [7, 11) is 0. The van der Waals surface area contributed by atoms with E-state index in [0.717, 1.165) is 125 Å². The monoisotopic (exact) mass is 1290 g/mol. The van der Waals surface area contributed by atoms with Crippen molar-refractivity contribution >= 4 is 167 Å². The third-order valence-corrected chi connectivity index (χ3v) is 18.0. The van der Waals surface area contributed by atoms with Gasteiger partial charge in [0, 0.05) is 39.3 Å². The summed E-state index contributed by atoms with van der Waals surface area (Å²) >= 11 is 32.2. The minimum absolute atomic E-state index is 0. The second-order valence-electron chi connectivity index (χ2n) is 12.8. The molecule has 5 heterocycles. The van der Waals surface area contributed by atoms with Crippen molar-refractivity contribution in [1.29, 1.82) is 0 Å². The molecule has 0 spiro atoms. The number of halogens is 8. The van der Waals surface area contributed by atoms with Crippen LogP contribution in [0.1, 0.15) is 22.8 Å². The molecule has 0 unspecified atom stereocenters. The third kappa shape index (κ3) is 7.19. The van der Waals surface area contributed by atoms with Crippen LogP contribution in [0, 0.1) is 0 Å². The Labute approximate surface area is 406 Å². The molecule has 0 fully saturated rings. The van der Waals surface area contributed by atoms with E-state index >= 15 is 0 Å². The minimum atomic E-state index is 0. The predicted molar refractivity (Wildman–Crippen MR) is 263 cm³/mol. The van der Waals surface area contributed by atoms with Crippen LogP contribution < -0.4 is 0 Å². The number of aromatic nitrogens is 4. The van der Waals surface area contributed by atoms with Gasteiger partial charge in [-0.15, -0.1) is 0 Å². The molecule has 0 saturated heterocycles. The van der Waals surface area contributed by atoms with E-state index in [4.69, 9.17) is 9.97 Å². The molecule has 13 heteroatoms. The van der Waals surface area contributed by atoms with Crippen molar-refractivity contribution in [2.45, 2.75) is 0 Å². The Morgan fingerprint density at radius 1 is 0.298 bits per heavy atom. The van der Waals surface area contributed by atoms with Crippen LogP contribution in [0.25, 0.3) is 84.5 Å². The van der Waals surface area contributed by atoms with Gasteiger partial charge in [0.1, 0.15) is 0 Å². The largest absolute Gasteiger partial charge is 0.352 e. The number of benzene rings is 4. The van der Waals surface area contributed by atoms with Gasteiger partial charge < -0.3 is 9.97 Å². The first kappa shape index (κ1) is 41.6. The zero-order valence-corrected chi connectivity index (χ0v) is 42.7. The van der Waals surface area contributed by atoms with Crippen LogP contribution in [-0.2, 0) is 17.1 Å². The Morgan fingerprint density at radius 3 is 0.684 bits per heavy atom. The van der Waals surface area contributed by atoms with Crippen LogP contribution in [0.2, 0.25) is 0 Å². The van der Waals surface area contributed by atoms with Crippen LogP contribution in [0.5, 0.6) is 0 Å². The van der Waals surface area contributed by atoms with E-state index < -0.39 is 0 Å². The van der Waals surface area contributed by atoms with E-state index in [0.29, 0.717) is 0 Å². The summed E-state index contributed by atoms with van der Waals surface area (Å²) in [5.74, 6) is 0. The SMILES string of the molecule is BrC1=C(Br)c2nc1c(-c1ccccc1)c1[nH]c(c(Br)c1Br)c(-c1ccccc1)c1nc(c(-c3ccccc3)c3[nH]c(c(Br)c3Br)c2-c2ccccc2)C(Br)=C1Br.[Mn]. The third-order valence-electron chi connectivity index (χ3n) is 9.62. The van der Waals surface area contributed by atoms with Gasteiger partial charge >= 0.3 is 0 Å². The molecular formula is C44H22Br8MnN4. The van der Waals surface area contributed by atoms with Gasteiger partial charge in [-0.3, -0.25) is 0 Å². The van der Waals surface area contributed by atoms with Gasteiger partial charge in [-0.2, -0.15) is 0 Å². The van der Waals surface area contributed by atoms with Gasteiger partial charge in [0.05, 0.1) is 80.7 Å². The van der Waals surface area contributed by atoms with Crippen molar-refractivity contribution < 1.29 is 17.1 Å². The molecular weight excluding hydrogens is 1280 g/mol. The van der Waals surface area contributed by atoms with Crippen LogP contribution in [0.4, 0.5) is 0 Å². The molecule has 0 atom stereocenters. The van der Waals surface area contributed by atoms with E-state index in [1.807, 2.05) is 72.8 Å². The van der Waals surface area contributed by atoms with Gasteiger partial charge in [-0.25, -0.2) is 9.97 Å². The number of nitrogens with one attached hydrogen (secondary N) is 2. The summed E-state index contributed by atoms with van der Waals surface area (Å²) < 4.78 is 6.69. The first-order chi connectivity index (χ1) is 27.2. The molecule has 4 aromatic carbocycles. The summed E-state index contributed by atoms with van der Waals surface area (Å²) in [5.41, 5.74) is 14.0. The molecule has 4 nitrogen and oxygen atoms in total. The molecule has 2 N–H and O–H groups in total. The fourth-order valence-electron chi connectivity index (χ4n) is 7.11. The van der Waals surface area contributed by atoms with E-state index in [2.05, 4.69) is 186 Å². The van der Waals surface area contributed by atoms with Crippen LogP contribution in [0.3, 0.4) is 0 Å². The zero-order valence-electron chi connectivity index (χ0n) is 28.8. The van der Waals surface area contributed by atoms with Gasteiger partial charge in [0.15, 0.2) is 0 Å². The maximum Gasteiger partial charge on any atom is 0.0891 e. The maximum absolute atomic E-state index is 5.54. The number of hydrogen-bond donors (Lipinski definition) is 2. The molecule has 2 aliphatic heterocycles. The van der Waals surface area contributed by atoms with E-state index in [1.165, 1.54) is 0 Å². The average Bonchev–Trinajstić information content (AvgIpc) is 3.89. The van der Waals surface area contributed by atoms with Crippen molar-refractivity contribution in [2.75, 3.05) is 0 Å². The normalized spacial score (nSPS) is 12.6. The standard InChI is InChI=1S/C44H22Br8N4.Mn/c45-29-31(47)39-26(22-15-7-2-8-16-22)41-33(49)35(51)43(55-41)28(24-19-11-4-12-20-24)44-36(52)34(50)42(56-44)27(23-17-9-3-10-18-23)40-32(48)30(46)38(54-40)25(37(29)53-39)21-13-5-1-6-14-21;/h1-20,53,56H;. The number of H-pyrrole nitrogens is 2. The fourth-order valence-corrected chi connectivity index (χ4v) is 11.0. The Morgan fingerprint density at radius 2 is 0.491 bits per heavy atom. The topological polar surface area (TPSA) is 57.4 Å². The van der Waals surface area contributed by atoms with Crippen molar-refractivity contribution in [3.05, 3.63) is 162 Å². The average molecular weight is 1300 g/mol. The maximum atomic E-state index is 5.54. The molecule has 2 aliphatic rings. The van der Waals surface area contributed by atoms with Gasteiger partial charge in [0.2, 0.25) is 0 Å². The van der Waals surface area contributed by atoms with Crippen molar-refractivity contribution in [2.24, 2.45) is 0 Å². The van der Waals surface area contributed by atoms with Crippen LogP contribution in [-0.4, -0.2) is 19.9 Å². The molecule has 57 heavy (non-hydrogen) atoms. The Hall–Kier alpha value is -2.16. The molecule has 1 radical (unpaired) electrons.